The molecular weight excluding hydrogens is 357 g/mol. The minimum Gasteiger partial charge on any atom is -0.484 e. The topological polar surface area (TPSA) is 57.4 Å². The third-order valence-corrected chi connectivity index (χ3v) is 2.94. The Bertz CT molecular complexity index is 616. The molecule has 9 heteroatoms. The molecule has 1 heterocycles. The van der Waals surface area contributed by atoms with Crippen LogP contribution in [0.1, 0.15) is 18.6 Å². The number of hydrogen-bond acceptors (Lipinski definition) is 5. The molecule has 0 aliphatic rings. The van der Waals surface area contributed by atoms with Gasteiger partial charge in [-0.05, 0) is 34.1 Å². The van der Waals surface area contributed by atoms with Gasteiger partial charge in [0.1, 0.15) is 11.5 Å². The summed E-state index contributed by atoms with van der Waals surface area (Å²) < 4.78 is 50.6. The fourth-order valence-corrected chi connectivity index (χ4v) is 1.85. The Morgan fingerprint density at radius 1 is 1.33 bits per heavy atom. The molecule has 0 spiro atoms. The molecule has 0 amide bonds. The Kier molecular flexibility index (Phi) is 4.71. The van der Waals surface area contributed by atoms with E-state index in [1.54, 1.807) is 0 Å². The first kappa shape index (κ1) is 15.6. The molecule has 0 N–H and O–H groups in total. The molecule has 0 bridgehead atoms. The van der Waals surface area contributed by atoms with Crippen molar-refractivity contribution in [3.63, 3.8) is 0 Å². The van der Waals surface area contributed by atoms with E-state index in [1.165, 1.54) is 12.1 Å². The molecule has 0 unspecified atom stereocenters. The fourth-order valence-electron chi connectivity index (χ4n) is 1.42. The largest absolute Gasteiger partial charge is 0.573 e. The Hall–Kier alpha value is -1.77. The Balaban J connectivity index is 1.99. The van der Waals surface area contributed by atoms with Crippen molar-refractivity contribution in [2.75, 3.05) is 0 Å². The highest BCUT2D eigenvalue weighted by atomic mass is 79.9. The van der Waals surface area contributed by atoms with Crippen molar-refractivity contribution in [3.05, 3.63) is 34.4 Å². The van der Waals surface area contributed by atoms with Gasteiger partial charge in [0.25, 0.3) is 5.89 Å². The molecule has 114 valence electrons. The van der Waals surface area contributed by atoms with E-state index in [0.717, 1.165) is 6.07 Å². The second-order valence-corrected chi connectivity index (χ2v) is 4.74. The first-order valence-corrected chi connectivity index (χ1v) is 6.66. The number of hydrogen-bond donors (Lipinski definition) is 0. The molecule has 0 radical (unpaired) electrons. The van der Waals surface area contributed by atoms with Crippen molar-refractivity contribution >= 4 is 15.9 Å². The van der Waals surface area contributed by atoms with Crippen molar-refractivity contribution < 1.29 is 27.2 Å². The van der Waals surface area contributed by atoms with Gasteiger partial charge in [0.2, 0.25) is 0 Å². The summed E-state index contributed by atoms with van der Waals surface area (Å²) >= 11 is 2.98. The van der Waals surface area contributed by atoms with Crippen molar-refractivity contribution in [2.45, 2.75) is 26.3 Å². The van der Waals surface area contributed by atoms with Crippen LogP contribution in [0.2, 0.25) is 0 Å². The van der Waals surface area contributed by atoms with Crippen LogP contribution in [0.3, 0.4) is 0 Å². The highest BCUT2D eigenvalue weighted by molar-refractivity contribution is 9.10. The fraction of sp³-hybridized carbons (Fsp3) is 0.333. The predicted octanol–water partition coefficient (Wildman–Crippen LogP) is 3.87. The van der Waals surface area contributed by atoms with Gasteiger partial charge in [-0.3, -0.25) is 0 Å². The van der Waals surface area contributed by atoms with Crippen LogP contribution < -0.4 is 9.47 Å². The van der Waals surface area contributed by atoms with Gasteiger partial charge in [-0.25, -0.2) is 0 Å². The highest BCUT2D eigenvalue weighted by Crippen LogP contribution is 2.33. The maximum Gasteiger partial charge on any atom is 0.573 e. The van der Waals surface area contributed by atoms with Crippen LogP contribution in [-0.4, -0.2) is 16.5 Å². The van der Waals surface area contributed by atoms with E-state index in [-0.39, 0.29) is 16.8 Å². The van der Waals surface area contributed by atoms with Crippen molar-refractivity contribution in [2.24, 2.45) is 0 Å². The van der Waals surface area contributed by atoms with Crippen LogP contribution in [0.15, 0.2) is 27.2 Å². The number of benzene rings is 1. The molecule has 2 aromatic rings. The molecule has 0 fully saturated rings. The van der Waals surface area contributed by atoms with Gasteiger partial charge < -0.3 is 14.0 Å². The molecule has 1 aromatic carbocycles. The number of aryl methyl sites for hydroxylation is 1. The minimum absolute atomic E-state index is 0.0267. The van der Waals surface area contributed by atoms with Gasteiger partial charge in [0.15, 0.2) is 12.4 Å². The average Bonchev–Trinajstić information content (AvgIpc) is 2.86. The van der Waals surface area contributed by atoms with E-state index < -0.39 is 6.36 Å². The standard InChI is InChI=1S/C12H10BrF3N2O3/c1-2-10-17-11(21-18-10)6-19-7-3-4-9(8(13)5-7)20-12(14,15)16/h3-5H,2,6H2,1H3. The summed E-state index contributed by atoms with van der Waals surface area (Å²) in [7, 11) is 0. The quantitative estimate of drug-likeness (QED) is 0.803. The van der Waals surface area contributed by atoms with E-state index in [4.69, 9.17) is 9.26 Å². The van der Waals surface area contributed by atoms with Gasteiger partial charge in [-0.15, -0.1) is 13.2 Å². The van der Waals surface area contributed by atoms with Crippen LogP contribution in [0, 0.1) is 0 Å². The molecule has 5 nitrogen and oxygen atoms in total. The number of nitrogens with zero attached hydrogens (tertiary/aromatic N) is 2. The summed E-state index contributed by atoms with van der Waals surface area (Å²) in [4.78, 5) is 4.04. The van der Waals surface area contributed by atoms with Gasteiger partial charge in [0, 0.05) is 6.42 Å². The first-order chi connectivity index (χ1) is 9.87. The van der Waals surface area contributed by atoms with Crippen molar-refractivity contribution in [3.8, 4) is 11.5 Å². The zero-order valence-corrected chi connectivity index (χ0v) is 12.4. The van der Waals surface area contributed by atoms with E-state index in [1.807, 2.05) is 6.92 Å². The van der Waals surface area contributed by atoms with E-state index in [9.17, 15) is 13.2 Å². The van der Waals surface area contributed by atoms with Gasteiger partial charge in [-0.1, -0.05) is 12.1 Å². The predicted molar refractivity (Wildman–Crippen MR) is 68.8 cm³/mol. The van der Waals surface area contributed by atoms with Crippen molar-refractivity contribution in [1.82, 2.24) is 10.1 Å². The Morgan fingerprint density at radius 3 is 2.67 bits per heavy atom. The van der Waals surface area contributed by atoms with Crippen LogP contribution >= 0.6 is 15.9 Å². The summed E-state index contributed by atoms with van der Waals surface area (Å²) in [6.45, 7) is 1.91. The van der Waals surface area contributed by atoms with Gasteiger partial charge in [0.05, 0.1) is 4.47 Å². The van der Waals surface area contributed by atoms with Gasteiger partial charge in [-0.2, -0.15) is 4.98 Å². The second kappa shape index (κ2) is 6.33. The summed E-state index contributed by atoms with van der Waals surface area (Å²) in [6, 6.07) is 3.86. The lowest BCUT2D eigenvalue weighted by Gasteiger charge is -2.11. The summed E-state index contributed by atoms with van der Waals surface area (Å²) in [5.74, 6) is 0.843. The molecule has 0 saturated carbocycles. The first-order valence-electron chi connectivity index (χ1n) is 5.87. The number of alkyl halides is 3. The molecule has 2 rings (SSSR count). The summed E-state index contributed by atoms with van der Waals surface area (Å²) in [5.41, 5.74) is 0. The normalized spacial score (nSPS) is 11.5. The van der Waals surface area contributed by atoms with E-state index in [0.29, 0.717) is 23.9 Å². The number of halogens is 4. The smallest absolute Gasteiger partial charge is 0.484 e. The molecular formula is C12H10BrF3N2O3. The van der Waals surface area contributed by atoms with E-state index >= 15 is 0 Å². The van der Waals surface area contributed by atoms with Gasteiger partial charge >= 0.3 is 6.36 Å². The molecule has 0 atom stereocenters. The molecule has 1 aromatic heterocycles. The van der Waals surface area contributed by atoms with Crippen LogP contribution in [0.5, 0.6) is 11.5 Å². The lowest BCUT2D eigenvalue weighted by molar-refractivity contribution is -0.274. The third kappa shape index (κ3) is 4.62. The lowest BCUT2D eigenvalue weighted by atomic mass is 10.3. The average molecular weight is 367 g/mol. The molecule has 0 saturated heterocycles. The van der Waals surface area contributed by atoms with Crippen LogP contribution in [0.4, 0.5) is 13.2 Å². The van der Waals surface area contributed by atoms with Crippen molar-refractivity contribution in [1.29, 1.82) is 0 Å². The summed E-state index contributed by atoms with van der Waals surface area (Å²) in [5, 5.41) is 3.70. The third-order valence-electron chi connectivity index (χ3n) is 2.32. The maximum absolute atomic E-state index is 12.1. The van der Waals surface area contributed by atoms with E-state index in [2.05, 4.69) is 30.8 Å². The van der Waals surface area contributed by atoms with Crippen LogP contribution in [-0.2, 0) is 13.0 Å². The highest BCUT2D eigenvalue weighted by Gasteiger charge is 2.32. The molecule has 0 aliphatic heterocycles. The van der Waals surface area contributed by atoms with Crippen LogP contribution in [0.25, 0.3) is 0 Å². The number of rotatable bonds is 5. The SMILES string of the molecule is CCc1noc(COc2ccc(OC(F)(F)F)c(Br)c2)n1. The minimum atomic E-state index is -4.74. The monoisotopic (exact) mass is 366 g/mol. The number of ether oxygens (including phenoxy) is 2. The zero-order valence-electron chi connectivity index (χ0n) is 10.8. The second-order valence-electron chi connectivity index (χ2n) is 3.89. The Labute approximate surface area is 126 Å². The molecule has 0 aliphatic carbocycles. The Morgan fingerprint density at radius 2 is 2.10 bits per heavy atom. The summed E-state index contributed by atoms with van der Waals surface area (Å²) in [6.07, 6.45) is -4.11. The lowest BCUT2D eigenvalue weighted by Crippen LogP contribution is -2.17. The zero-order chi connectivity index (χ0) is 15.5. The molecule has 21 heavy (non-hydrogen) atoms. The maximum atomic E-state index is 12.1. The number of aromatic nitrogens is 2.